The largest absolute Gasteiger partial charge is 0.457 e. The maximum absolute atomic E-state index is 13.9. The van der Waals surface area contributed by atoms with E-state index in [9.17, 15) is 38.4 Å². The van der Waals surface area contributed by atoms with E-state index in [1.165, 1.54) is 53.0 Å². The molecule has 0 N–H and O–H groups in total. The molecule has 408 valence electrons. The molecule has 79 heavy (non-hydrogen) atoms. The Bertz CT molecular complexity index is 3130. The summed E-state index contributed by atoms with van der Waals surface area (Å²) in [5.74, 6) is -3.93. The molecule has 4 saturated carbocycles. The lowest BCUT2D eigenvalue weighted by atomic mass is 9.54. The number of carbonyl (C=O) groups is 8. The van der Waals surface area contributed by atoms with Gasteiger partial charge in [0, 0.05) is 37.3 Å². The minimum Gasteiger partial charge on any atom is -0.457 e. The normalized spacial score (nSPS) is 33.0. The highest BCUT2D eigenvalue weighted by atomic mass is 16.5. The molecule has 8 fully saturated rings. The van der Waals surface area contributed by atoms with Crippen LogP contribution in [-0.4, -0.2) is 70.6 Å². The molecule has 14 heteroatoms. The highest BCUT2D eigenvalue weighted by Crippen LogP contribution is 2.60. The summed E-state index contributed by atoms with van der Waals surface area (Å²) >= 11 is 0. The fourth-order valence-electron chi connectivity index (χ4n) is 15.4. The maximum atomic E-state index is 13.9. The van der Waals surface area contributed by atoms with Gasteiger partial charge in [-0.15, -0.1) is 0 Å². The molecule has 8 aliphatic carbocycles. The van der Waals surface area contributed by atoms with Crippen LogP contribution in [0.4, 0.5) is 11.4 Å². The minimum atomic E-state index is -0.611. The molecule has 12 aliphatic rings. The number of hydrogen-bond donors (Lipinski definition) is 0. The summed E-state index contributed by atoms with van der Waals surface area (Å²) in [5.41, 5.74) is 3.35. The molecule has 4 aromatic rings. The van der Waals surface area contributed by atoms with Crippen molar-refractivity contribution in [1.29, 1.82) is 0 Å². The van der Waals surface area contributed by atoms with Crippen LogP contribution in [0.25, 0.3) is 0 Å². The first-order valence-electron chi connectivity index (χ1n) is 28.4. The van der Waals surface area contributed by atoms with Gasteiger partial charge in [-0.2, -0.15) is 0 Å². The van der Waals surface area contributed by atoms with Gasteiger partial charge in [-0.05, 0) is 128 Å². The zero-order valence-corrected chi connectivity index (χ0v) is 45.8. The first-order chi connectivity index (χ1) is 37.9. The van der Waals surface area contributed by atoms with Crippen LogP contribution in [0.15, 0.2) is 121 Å². The van der Waals surface area contributed by atoms with E-state index in [4.69, 9.17) is 9.47 Å². The number of fused-ring (bicyclic) bond motifs is 2. The van der Waals surface area contributed by atoms with E-state index in [1.807, 2.05) is 67.6 Å². The molecular formula is C65H68N4O10. The molecule has 0 aromatic heterocycles. The number of benzene rings is 4. The smallest absolute Gasteiger partial charge is 0.238 e. The van der Waals surface area contributed by atoms with Gasteiger partial charge in [0.15, 0.2) is 0 Å². The molecule has 4 aromatic carbocycles. The molecule has 16 rings (SSSR count). The average Bonchev–Trinajstić information content (AvgIpc) is 3.60. The summed E-state index contributed by atoms with van der Waals surface area (Å²) in [6, 6.07) is 29.5. The number of amides is 8. The Hall–Kier alpha value is -7.48. The Morgan fingerprint density at radius 3 is 1.14 bits per heavy atom. The molecule has 15 unspecified atom stereocenters. The summed E-state index contributed by atoms with van der Waals surface area (Å²) in [4.78, 5) is 113. The number of carbonyl (C=O) groups excluding carboxylic acids is 8. The number of likely N-dealkylation sites (tertiary alicyclic amines) is 2. The van der Waals surface area contributed by atoms with Gasteiger partial charge in [0.1, 0.15) is 23.0 Å². The van der Waals surface area contributed by atoms with Crippen LogP contribution >= 0.6 is 0 Å². The van der Waals surface area contributed by atoms with Gasteiger partial charge in [-0.1, -0.05) is 102 Å². The number of allylic oxidation sites excluding steroid dienone is 4. The lowest BCUT2D eigenvalue weighted by Crippen LogP contribution is -2.50. The second-order valence-corrected chi connectivity index (χ2v) is 24.8. The van der Waals surface area contributed by atoms with Crippen molar-refractivity contribution in [2.45, 2.75) is 79.1 Å². The summed E-state index contributed by atoms with van der Waals surface area (Å²) in [5, 5.41) is 0. The topological polar surface area (TPSA) is 168 Å². The summed E-state index contributed by atoms with van der Waals surface area (Å²) in [6.07, 6.45) is 13.7. The minimum absolute atomic E-state index is 0.0505. The fourth-order valence-corrected chi connectivity index (χ4v) is 15.4. The Morgan fingerprint density at radius 1 is 0.456 bits per heavy atom. The van der Waals surface area contributed by atoms with Gasteiger partial charge in [-0.25, -0.2) is 0 Å². The second-order valence-electron chi connectivity index (χ2n) is 24.8. The molecular weight excluding hydrogens is 997 g/mol. The Labute approximate surface area is 461 Å². The molecule has 4 heterocycles. The monoisotopic (exact) mass is 1060 g/mol. The highest BCUT2D eigenvalue weighted by Gasteiger charge is 2.70. The Morgan fingerprint density at radius 2 is 0.797 bits per heavy atom. The number of hydrogen-bond acceptors (Lipinski definition) is 10. The van der Waals surface area contributed by atoms with Gasteiger partial charge in [0.2, 0.25) is 47.3 Å². The quantitative estimate of drug-likeness (QED) is 0.122. The van der Waals surface area contributed by atoms with Crippen molar-refractivity contribution < 1.29 is 47.8 Å². The number of nitrogens with zero attached hydrogens (tertiary/aromatic N) is 4. The van der Waals surface area contributed by atoms with Gasteiger partial charge >= 0.3 is 0 Å². The van der Waals surface area contributed by atoms with Gasteiger partial charge < -0.3 is 9.47 Å². The number of ether oxygens (including phenoxy) is 2. The lowest BCUT2D eigenvalue weighted by molar-refractivity contribution is -0.142. The number of aryl methyl sites for hydroxylation is 1. The predicted molar refractivity (Wildman–Crippen MR) is 294 cm³/mol. The summed E-state index contributed by atoms with van der Waals surface area (Å²) < 4.78 is 11.9. The number of rotatable bonds is 8. The average molecular weight is 1070 g/mol. The van der Waals surface area contributed by atoms with E-state index in [2.05, 4.69) is 46.8 Å². The van der Waals surface area contributed by atoms with Crippen molar-refractivity contribution in [2.75, 3.05) is 23.4 Å². The second kappa shape index (κ2) is 19.7. The maximum Gasteiger partial charge on any atom is 0.238 e. The van der Waals surface area contributed by atoms with E-state index in [1.54, 1.807) is 48.5 Å². The van der Waals surface area contributed by atoms with E-state index < -0.39 is 71.0 Å². The van der Waals surface area contributed by atoms with Gasteiger partial charge in [-0.3, -0.25) is 58.0 Å². The third-order valence-electron chi connectivity index (χ3n) is 19.0. The molecule has 14 nitrogen and oxygen atoms in total. The van der Waals surface area contributed by atoms with Gasteiger partial charge in [0.05, 0.1) is 58.7 Å². The number of anilines is 2. The van der Waals surface area contributed by atoms with E-state index in [0.717, 1.165) is 22.8 Å². The van der Waals surface area contributed by atoms with Crippen molar-refractivity contribution in [2.24, 2.45) is 88.8 Å². The zero-order valence-electron chi connectivity index (χ0n) is 45.8. The van der Waals surface area contributed by atoms with Crippen molar-refractivity contribution >= 4 is 58.6 Å². The van der Waals surface area contributed by atoms with E-state index in [0.29, 0.717) is 52.8 Å². The third-order valence-corrected chi connectivity index (χ3v) is 19.0. The van der Waals surface area contributed by atoms with Crippen LogP contribution in [0.5, 0.6) is 23.0 Å². The van der Waals surface area contributed by atoms with Crippen LogP contribution in [-0.2, 0) is 43.8 Å². The summed E-state index contributed by atoms with van der Waals surface area (Å²) in [7, 11) is 1.48. The first-order valence-corrected chi connectivity index (χ1v) is 28.4. The SMILES string of the molecule is CC(C)(C)c1ccc(Oc2ccc(N3C(=O)C4C5C=CC(C6C(=O)N(CC7CC8CCC7C8)C(=O)C56)C4C3=O)cc2)cc1.CCC.Cc1ccc(Oc2ccc(N3C(=O)C4C5C=CC(C6C(=O)N(C)C(=O)C56)C4C3=O)cc2)cc1. The predicted octanol–water partition coefficient (Wildman–Crippen LogP) is 10.1. The number of imide groups is 4. The van der Waals surface area contributed by atoms with Crippen molar-refractivity contribution in [1.82, 2.24) is 9.80 Å². The third kappa shape index (κ3) is 8.49. The standard InChI is InChI=1S/C36H38N2O5.C26H22N2O5.C3H8/c1-36(2,3)22-6-10-24(11-7-22)43-25-12-8-23(9-13-25)38-34(41)30-26-14-15-27(31(30)35(38)42)29-28(26)32(39)37(33(29)40)18-21-17-19-4-5-20(21)16-19;1-13-3-7-15(8-4-13)33-16-9-5-14(6-10-16)28-25(31)21-17-11-12-18(22(21)26(28)32)20-19(17)23(29)27(2)24(20)30;1-3-2/h6-15,19-21,26-31H,4-5,16-18H2,1-3H3;3-12,17-22H,1-2H3;3H2,1-2H3. The van der Waals surface area contributed by atoms with E-state index in [-0.39, 0.29) is 52.7 Å². The molecule has 15 atom stereocenters. The van der Waals surface area contributed by atoms with Crippen LogP contribution in [0.1, 0.15) is 77.8 Å². The lowest BCUT2D eigenvalue weighted by Gasteiger charge is -2.44. The first kappa shape index (κ1) is 52.2. The highest BCUT2D eigenvalue weighted by molar-refractivity contribution is 6.24. The van der Waals surface area contributed by atoms with E-state index >= 15 is 0 Å². The van der Waals surface area contributed by atoms with Crippen LogP contribution in [0.2, 0.25) is 0 Å². The zero-order chi connectivity index (χ0) is 55.5. The fraction of sp³-hybridized carbons (Fsp3) is 0.446. The molecule has 6 bridgehead atoms. The Kier molecular flexibility index (Phi) is 13.0. The molecule has 0 spiro atoms. The van der Waals surface area contributed by atoms with Crippen LogP contribution in [0.3, 0.4) is 0 Å². The van der Waals surface area contributed by atoms with Crippen molar-refractivity contribution in [3.8, 4) is 23.0 Å². The van der Waals surface area contributed by atoms with Crippen molar-refractivity contribution in [3.63, 3.8) is 0 Å². The molecule has 4 saturated heterocycles. The molecule has 4 aliphatic heterocycles. The van der Waals surface area contributed by atoms with Crippen LogP contribution < -0.4 is 19.3 Å². The van der Waals surface area contributed by atoms with Gasteiger partial charge in [0.25, 0.3) is 0 Å². The van der Waals surface area contributed by atoms with Crippen LogP contribution in [0, 0.1) is 95.7 Å². The molecule has 8 amide bonds. The molecule has 0 radical (unpaired) electrons. The van der Waals surface area contributed by atoms with Crippen molar-refractivity contribution in [3.05, 3.63) is 132 Å². The Balaban J connectivity index is 0.000000155. The summed E-state index contributed by atoms with van der Waals surface area (Å²) in [6.45, 7) is 13.2.